The third-order valence-corrected chi connectivity index (χ3v) is 2.52. The second kappa shape index (κ2) is 4.06. The molecule has 0 spiro atoms. The highest BCUT2D eigenvalue weighted by atomic mass is 32.1. The van der Waals surface area contributed by atoms with E-state index in [1.54, 1.807) is 11.4 Å². The van der Waals surface area contributed by atoms with E-state index in [4.69, 9.17) is 10.2 Å². The number of aryl methyl sites for hydroxylation is 1. The summed E-state index contributed by atoms with van der Waals surface area (Å²) in [6.45, 7) is 1.83. The predicted molar refractivity (Wildman–Crippen MR) is 51.7 cm³/mol. The number of aliphatic hydroxyl groups excluding tert-OH is 1. The number of aliphatic carboxylic acids is 1. The minimum absolute atomic E-state index is 0.412. The Bertz CT molecular complexity index is 403. The zero-order valence-electron chi connectivity index (χ0n) is 7.35. The summed E-state index contributed by atoms with van der Waals surface area (Å²) < 4.78 is 0. The van der Waals surface area contributed by atoms with Gasteiger partial charge in [-0.1, -0.05) is 0 Å². The molecule has 0 aliphatic rings. The third kappa shape index (κ3) is 2.43. The molecule has 1 aromatic heterocycles. The molecule has 0 radical (unpaired) electrons. The molecule has 0 aromatic carbocycles. The lowest BCUT2D eigenvalue weighted by molar-refractivity contribution is -0.135. The van der Waals surface area contributed by atoms with Gasteiger partial charge in [0.2, 0.25) is 5.76 Å². The van der Waals surface area contributed by atoms with Crippen LogP contribution in [0.4, 0.5) is 0 Å². The highest BCUT2D eigenvalue weighted by Gasteiger charge is 2.10. The van der Waals surface area contributed by atoms with Gasteiger partial charge in [0.1, 0.15) is 0 Å². The molecule has 0 unspecified atom stereocenters. The van der Waals surface area contributed by atoms with E-state index in [0.29, 0.717) is 11.0 Å². The number of carbonyl (C=O) groups is 2. The highest BCUT2D eigenvalue weighted by molar-refractivity contribution is 7.12. The van der Waals surface area contributed by atoms with Crippen molar-refractivity contribution < 1.29 is 19.8 Å². The fourth-order valence-corrected chi connectivity index (χ4v) is 1.63. The standard InChI is InChI=1S/C9H8O4S/c1-5-2-8(14-4-5)6(10)3-7(11)9(12)13/h2-4,11H,1H3,(H,12,13)/b7-3-. The molecule has 1 aromatic rings. The van der Waals surface area contributed by atoms with Gasteiger partial charge in [0, 0.05) is 6.08 Å². The summed E-state index contributed by atoms with van der Waals surface area (Å²) in [5.74, 6) is -2.95. The van der Waals surface area contributed by atoms with E-state index in [1.807, 2.05) is 6.92 Å². The van der Waals surface area contributed by atoms with Crippen LogP contribution in [0.1, 0.15) is 15.2 Å². The van der Waals surface area contributed by atoms with E-state index >= 15 is 0 Å². The van der Waals surface area contributed by atoms with E-state index < -0.39 is 17.5 Å². The van der Waals surface area contributed by atoms with E-state index in [9.17, 15) is 9.59 Å². The molecule has 0 atom stereocenters. The topological polar surface area (TPSA) is 74.6 Å². The normalized spacial score (nSPS) is 11.4. The van der Waals surface area contributed by atoms with E-state index in [2.05, 4.69) is 0 Å². The zero-order valence-corrected chi connectivity index (χ0v) is 8.17. The van der Waals surface area contributed by atoms with Gasteiger partial charge in [0.25, 0.3) is 0 Å². The number of carbonyl (C=O) groups excluding carboxylic acids is 1. The molecule has 5 heteroatoms. The van der Waals surface area contributed by atoms with Gasteiger partial charge >= 0.3 is 5.97 Å². The fraction of sp³-hybridized carbons (Fsp3) is 0.111. The Balaban J connectivity index is 2.87. The van der Waals surface area contributed by atoms with Crippen LogP contribution in [0.5, 0.6) is 0 Å². The highest BCUT2D eigenvalue weighted by Crippen LogP contribution is 2.15. The first-order valence-electron chi connectivity index (χ1n) is 3.74. The molecule has 0 aliphatic carbocycles. The van der Waals surface area contributed by atoms with Gasteiger partial charge in [-0.15, -0.1) is 11.3 Å². The lowest BCUT2D eigenvalue weighted by Crippen LogP contribution is -2.02. The maximum atomic E-state index is 11.3. The number of allylic oxidation sites excluding steroid dienone is 1. The second-order valence-corrected chi connectivity index (χ2v) is 3.60. The molecular weight excluding hydrogens is 204 g/mol. The molecule has 0 aliphatic heterocycles. The summed E-state index contributed by atoms with van der Waals surface area (Å²) >= 11 is 1.21. The number of hydrogen-bond acceptors (Lipinski definition) is 4. The molecule has 0 saturated carbocycles. The Labute approximate surface area is 84.1 Å². The Morgan fingerprint density at radius 1 is 1.43 bits per heavy atom. The Hall–Kier alpha value is -1.62. The van der Waals surface area contributed by atoms with Crippen molar-refractivity contribution in [3.63, 3.8) is 0 Å². The number of aliphatic hydroxyl groups is 1. The Morgan fingerprint density at radius 2 is 2.07 bits per heavy atom. The molecule has 1 rings (SSSR count). The van der Waals surface area contributed by atoms with Crippen LogP contribution in [0.2, 0.25) is 0 Å². The van der Waals surface area contributed by atoms with Gasteiger partial charge in [-0.2, -0.15) is 0 Å². The van der Waals surface area contributed by atoms with Crippen LogP contribution >= 0.6 is 11.3 Å². The minimum Gasteiger partial charge on any atom is -0.502 e. The van der Waals surface area contributed by atoms with Crippen molar-refractivity contribution >= 4 is 23.1 Å². The molecule has 0 saturated heterocycles. The number of carboxylic acids is 1. The average molecular weight is 212 g/mol. The van der Waals surface area contributed by atoms with Crippen LogP contribution < -0.4 is 0 Å². The number of hydrogen-bond donors (Lipinski definition) is 2. The monoisotopic (exact) mass is 212 g/mol. The average Bonchev–Trinajstić information content (AvgIpc) is 2.51. The SMILES string of the molecule is Cc1csc(C(=O)/C=C(\O)C(=O)O)c1. The summed E-state index contributed by atoms with van der Waals surface area (Å²) in [7, 11) is 0. The predicted octanol–water partition coefficient (Wildman–Crippen LogP) is 1.77. The van der Waals surface area contributed by atoms with Crippen molar-refractivity contribution in [3.05, 3.63) is 33.7 Å². The van der Waals surface area contributed by atoms with Gasteiger partial charge in [-0.05, 0) is 23.9 Å². The van der Waals surface area contributed by atoms with Crippen LogP contribution in [0.25, 0.3) is 0 Å². The quantitative estimate of drug-likeness (QED) is 0.455. The summed E-state index contributed by atoms with van der Waals surface area (Å²) in [5, 5.41) is 18.9. The lowest BCUT2D eigenvalue weighted by atomic mass is 10.2. The van der Waals surface area contributed by atoms with Crippen molar-refractivity contribution in [1.29, 1.82) is 0 Å². The molecule has 74 valence electrons. The molecule has 4 nitrogen and oxygen atoms in total. The van der Waals surface area contributed by atoms with Crippen LogP contribution in [-0.4, -0.2) is 22.0 Å². The number of thiophene rings is 1. The van der Waals surface area contributed by atoms with Crippen molar-refractivity contribution in [3.8, 4) is 0 Å². The maximum Gasteiger partial charge on any atom is 0.371 e. The van der Waals surface area contributed by atoms with Crippen molar-refractivity contribution in [2.75, 3.05) is 0 Å². The smallest absolute Gasteiger partial charge is 0.371 e. The Morgan fingerprint density at radius 3 is 2.50 bits per heavy atom. The minimum atomic E-state index is -1.51. The van der Waals surface area contributed by atoms with Crippen molar-refractivity contribution in [2.45, 2.75) is 6.92 Å². The van der Waals surface area contributed by atoms with E-state index in [-0.39, 0.29) is 0 Å². The third-order valence-electron chi connectivity index (χ3n) is 1.46. The van der Waals surface area contributed by atoms with Crippen molar-refractivity contribution in [2.24, 2.45) is 0 Å². The van der Waals surface area contributed by atoms with E-state index in [0.717, 1.165) is 5.56 Å². The van der Waals surface area contributed by atoms with Gasteiger partial charge in [0.05, 0.1) is 4.88 Å². The van der Waals surface area contributed by atoms with Crippen molar-refractivity contribution in [1.82, 2.24) is 0 Å². The largest absolute Gasteiger partial charge is 0.502 e. The molecule has 2 N–H and O–H groups in total. The van der Waals surface area contributed by atoms with Gasteiger partial charge in [-0.3, -0.25) is 4.79 Å². The van der Waals surface area contributed by atoms with Crippen LogP contribution in [0.15, 0.2) is 23.3 Å². The van der Waals surface area contributed by atoms with Gasteiger partial charge in [-0.25, -0.2) is 4.79 Å². The lowest BCUT2D eigenvalue weighted by Gasteiger charge is -1.90. The molecule has 0 fully saturated rings. The molecule has 1 heterocycles. The fourth-order valence-electron chi connectivity index (χ4n) is 0.818. The second-order valence-electron chi connectivity index (χ2n) is 2.69. The number of rotatable bonds is 3. The molecule has 0 amide bonds. The number of ketones is 1. The van der Waals surface area contributed by atoms with Gasteiger partial charge < -0.3 is 10.2 Å². The molecule has 14 heavy (non-hydrogen) atoms. The van der Waals surface area contributed by atoms with Gasteiger partial charge in [0.15, 0.2) is 5.78 Å². The maximum absolute atomic E-state index is 11.3. The first kappa shape index (κ1) is 10.5. The number of carboxylic acid groups (broad SMARTS) is 1. The van der Waals surface area contributed by atoms with Crippen LogP contribution in [0.3, 0.4) is 0 Å². The summed E-state index contributed by atoms with van der Waals surface area (Å²) in [5.41, 5.74) is 0.932. The van der Waals surface area contributed by atoms with Crippen LogP contribution in [0, 0.1) is 6.92 Å². The zero-order chi connectivity index (χ0) is 10.7. The van der Waals surface area contributed by atoms with Crippen LogP contribution in [-0.2, 0) is 4.79 Å². The first-order chi connectivity index (χ1) is 6.50. The summed E-state index contributed by atoms with van der Waals surface area (Å²) in [6, 6.07) is 1.64. The molecular formula is C9H8O4S. The van der Waals surface area contributed by atoms with E-state index in [1.165, 1.54) is 11.3 Å². The summed E-state index contributed by atoms with van der Waals surface area (Å²) in [6.07, 6.45) is 0.702. The summed E-state index contributed by atoms with van der Waals surface area (Å²) in [4.78, 5) is 21.9. The Kier molecular flexibility index (Phi) is 3.03. The molecule has 0 bridgehead atoms. The first-order valence-corrected chi connectivity index (χ1v) is 4.62.